The largest absolute Gasteiger partial charge is 0.455 e. The van der Waals surface area contributed by atoms with Gasteiger partial charge >= 0.3 is 5.97 Å². The summed E-state index contributed by atoms with van der Waals surface area (Å²) in [7, 11) is 0. The quantitative estimate of drug-likeness (QED) is 0.756. The molecule has 0 amide bonds. The van der Waals surface area contributed by atoms with E-state index in [1.165, 1.54) is 0 Å². The maximum absolute atomic E-state index is 12.0. The Kier molecular flexibility index (Phi) is 4.78. The maximum Gasteiger partial charge on any atom is 0.338 e. The smallest absolute Gasteiger partial charge is 0.338 e. The first-order valence-corrected chi connectivity index (χ1v) is 8.44. The lowest BCUT2D eigenvalue weighted by Gasteiger charge is -2.45. The summed E-state index contributed by atoms with van der Waals surface area (Å²) < 4.78 is 23.1. The van der Waals surface area contributed by atoms with E-state index in [1.807, 2.05) is 60.7 Å². The lowest BCUT2D eigenvalue weighted by molar-refractivity contribution is -0.271. The summed E-state index contributed by atoms with van der Waals surface area (Å²) in [5, 5.41) is 0. The predicted octanol–water partition coefficient (Wildman–Crippen LogP) is 2.48. The number of esters is 1. The van der Waals surface area contributed by atoms with Gasteiger partial charge in [0.2, 0.25) is 0 Å². The highest BCUT2D eigenvalue weighted by molar-refractivity contribution is 5.77. The molecule has 0 aliphatic carbocycles. The number of carbonyl (C=O) groups excluding carboxylic acids is 1. The van der Waals surface area contributed by atoms with Crippen LogP contribution in [0.25, 0.3) is 0 Å². The Morgan fingerprint density at radius 2 is 1.40 bits per heavy atom. The monoisotopic (exact) mass is 340 g/mol. The number of rotatable bonds is 6. The normalized spacial score (nSPS) is 27.9. The third-order valence-corrected chi connectivity index (χ3v) is 4.50. The van der Waals surface area contributed by atoms with E-state index in [9.17, 15) is 4.79 Å². The van der Waals surface area contributed by atoms with Crippen LogP contribution in [0.1, 0.15) is 11.1 Å². The number of ether oxygens (including phenoxy) is 4. The van der Waals surface area contributed by atoms with Gasteiger partial charge in [-0.1, -0.05) is 60.7 Å². The minimum atomic E-state index is -0.727. The van der Waals surface area contributed by atoms with Gasteiger partial charge in [0.1, 0.15) is 12.2 Å². The van der Waals surface area contributed by atoms with Gasteiger partial charge in [-0.15, -0.1) is 0 Å². The van der Waals surface area contributed by atoms with Crippen LogP contribution in [-0.2, 0) is 37.0 Å². The van der Waals surface area contributed by atoms with Gasteiger partial charge in [-0.05, 0) is 11.1 Å². The van der Waals surface area contributed by atoms with Crippen LogP contribution >= 0.6 is 0 Å². The number of benzene rings is 2. The van der Waals surface area contributed by atoms with Gasteiger partial charge in [-0.2, -0.15) is 0 Å². The standard InChI is InChI=1S/C20H20O5/c21-20-19-18(23-12-15-9-5-2-6-10-15)17(16(25-20)13-24-19)22-11-14-7-3-1-4-8-14/h1-10,16-19H,11-13H2/t16-,17-,18+,19+/m1/s1. The molecule has 3 heterocycles. The van der Waals surface area contributed by atoms with Crippen molar-refractivity contribution in [1.82, 2.24) is 0 Å². The van der Waals surface area contributed by atoms with Crippen molar-refractivity contribution in [2.24, 2.45) is 0 Å². The number of fused-ring (bicyclic) bond motifs is 3. The van der Waals surface area contributed by atoms with Crippen molar-refractivity contribution in [3.63, 3.8) is 0 Å². The van der Waals surface area contributed by atoms with Gasteiger partial charge < -0.3 is 18.9 Å². The molecule has 25 heavy (non-hydrogen) atoms. The minimum absolute atomic E-state index is 0.333. The van der Waals surface area contributed by atoms with Crippen molar-refractivity contribution < 1.29 is 23.7 Å². The summed E-state index contributed by atoms with van der Waals surface area (Å²) >= 11 is 0. The third kappa shape index (κ3) is 3.58. The van der Waals surface area contributed by atoms with Gasteiger partial charge in [-0.25, -0.2) is 4.79 Å². The van der Waals surface area contributed by atoms with Gasteiger partial charge in [0.05, 0.1) is 19.8 Å². The van der Waals surface area contributed by atoms with Crippen molar-refractivity contribution >= 4 is 5.97 Å². The Hall–Kier alpha value is -2.21. The Labute approximate surface area is 146 Å². The van der Waals surface area contributed by atoms with Crippen molar-refractivity contribution in [2.75, 3.05) is 6.61 Å². The van der Waals surface area contributed by atoms with Crippen LogP contribution in [0, 0.1) is 0 Å². The minimum Gasteiger partial charge on any atom is -0.455 e. The topological polar surface area (TPSA) is 54.0 Å². The van der Waals surface area contributed by atoms with E-state index in [1.54, 1.807) is 0 Å². The average Bonchev–Trinajstić information content (AvgIpc) is 2.67. The highest BCUT2D eigenvalue weighted by atomic mass is 16.7. The van der Waals surface area contributed by atoms with Gasteiger partial charge in [0.15, 0.2) is 12.2 Å². The summed E-state index contributed by atoms with van der Waals surface area (Å²) in [6, 6.07) is 19.8. The van der Waals surface area contributed by atoms with E-state index in [4.69, 9.17) is 18.9 Å². The maximum atomic E-state index is 12.0. The van der Waals surface area contributed by atoms with E-state index >= 15 is 0 Å². The van der Waals surface area contributed by atoms with Crippen molar-refractivity contribution in [1.29, 1.82) is 0 Å². The molecule has 0 aromatic heterocycles. The molecule has 2 aromatic rings. The first-order valence-electron chi connectivity index (χ1n) is 8.44. The molecule has 4 atom stereocenters. The molecule has 5 heteroatoms. The molecule has 3 aliphatic heterocycles. The van der Waals surface area contributed by atoms with E-state index < -0.39 is 18.3 Å². The Morgan fingerprint density at radius 1 is 0.840 bits per heavy atom. The summed E-state index contributed by atoms with van der Waals surface area (Å²) in [5.74, 6) is -0.367. The molecule has 0 N–H and O–H groups in total. The molecule has 2 bridgehead atoms. The van der Waals surface area contributed by atoms with Crippen LogP contribution < -0.4 is 0 Å². The Balaban J connectivity index is 1.45. The highest BCUT2D eigenvalue weighted by Gasteiger charge is 2.53. The number of carbonyl (C=O) groups is 1. The first kappa shape index (κ1) is 16.3. The van der Waals surface area contributed by atoms with Crippen LogP contribution in [0.15, 0.2) is 60.7 Å². The van der Waals surface area contributed by atoms with E-state index in [-0.39, 0.29) is 12.1 Å². The zero-order valence-corrected chi connectivity index (χ0v) is 13.7. The van der Waals surface area contributed by atoms with E-state index in [0.717, 1.165) is 11.1 Å². The zero-order chi connectivity index (χ0) is 17.1. The summed E-state index contributed by atoms with van der Waals surface area (Å²) in [6.45, 7) is 1.19. The lowest BCUT2D eigenvalue weighted by atomic mass is 9.96. The molecule has 3 fully saturated rings. The third-order valence-electron chi connectivity index (χ3n) is 4.50. The Bertz CT molecular complexity index is 703. The highest BCUT2D eigenvalue weighted by Crippen LogP contribution is 2.31. The molecular weight excluding hydrogens is 320 g/mol. The molecule has 5 nitrogen and oxygen atoms in total. The van der Waals surface area contributed by atoms with Gasteiger partial charge in [-0.3, -0.25) is 0 Å². The molecule has 3 aliphatic rings. The van der Waals surface area contributed by atoms with Crippen LogP contribution in [0.4, 0.5) is 0 Å². The van der Waals surface area contributed by atoms with Crippen LogP contribution in [-0.4, -0.2) is 37.0 Å². The molecule has 5 rings (SSSR count). The number of hydrogen-bond donors (Lipinski definition) is 0. The summed E-state index contributed by atoms with van der Waals surface area (Å²) in [4.78, 5) is 12.0. The molecule has 0 spiro atoms. The molecule has 0 radical (unpaired) electrons. The van der Waals surface area contributed by atoms with Gasteiger partial charge in [0.25, 0.3) is 0 Å². The van der Waals surface area contributed by atoms with E-state index in [2.05, 4.69) is 0 Å². The molecule has 0 unspecified atom stereocenters. The molecule has 130 valence electrons. The lowest BCUT2D eigenvalue weighted by Crippen LogP contribution is -2.64. The molecular formula is C20H20O5. The Morgan fingerprint density at radius 3 is 1.96 bits per heavy atom. The summed E-state index contributed by atoms with van der Waals surface area (Å²) in [5.41, 5.74) is 2.11. The second-order valence-electron chi connectivity index (χ2n) is 6.25. The fraction of sp³-hybridized carbons (Fsp3) is 0.350. The van der Waals surface area contributed by atoms with Crippen LogP contribution in [0.2, 0.25) is 0 Å². The molecule has 2 aromatic carbocycles. The summed E-state index contributed by atoms with van der Waals surface area (Å²) in [6.07, 6.45) is -1.96. The van der Waals surface area contributed by atoms with E-state index in [0.29, 0.717) is 19.8 Å². The van der Waals surface area contributed by atoms with Crippen molar-refractivity contribution in [3.8, 4) is 0 Å². The van der Waals surface area contributed by atoms with Crippen LogP contribution in [0.5, 0.6) is 0 Å². The van der Waals surface area contributed by atoms with Crippen molar-refractivity contribution in [3.05, 3.63) is 71.8 Å². The second-order valence-corrected chi connectivity index (χ2v) is 6.25. The fourth-order valence-corrected chi connectivity index (χ4v) is 3.21. The molecule has 3 saturated heterocycles. The average molecular weight is 340 g/mol. The first-order chi connectivity index (χ1) is 12.3. The molecule has 0 saturated carbocycles. The van der Waals surface area contributed by atoms with Gasteiger partial charge in [0, 0.05) is 0 Å². The van der Waals surface area contributed by atoms with Crippen molar-refractivity contribution in [2.45, 2.75) is 37.6 Å². The second kappa shape index (κ2) is 7.35. The predicted molar refractivity (Wildman–Crippen MR) is 89.7 cm³/mol. The fourth-order valence-electron chi connectivity index (χ4n) is 3.21. The zero-order valence-electron chi connectivity index (χ0n) is 13.7. The SMILES string of the molecule is O=C1O[C@@H]2CO[C@H]1[C@@H](OCc1ccccc1)[C@@H]2OCc1ccccc1. The van der Waals surface area contributed by atoms with Crippen LogP contribution in [0.3, 0.4) is 0 Å². The number of hydrogen-bond acceptors (Lipinski definition) is 5.